The van der Waals surface area contributed by atoms with Crippen molar-refractivity contribution in [3.8, 4) is 0 Å². The maximum Gasteiger partial charge on any atom is 0.307 e. The highest BCUT2D eigenvalue weighted by Gasteiger charge is 2.66. The Balaban J connectivity index is 2.06. The standard InChI is InChI=1S/C11H17NO3/c1-11(2)7(8(11)10(14)15)9(13)12-5-3-4-6-12/h7-8H,3-6H2,1-2H3,(H,14,15)/t7-,8-/m1/s1. The third-order valence-electron chi connectivity index (χ3n) is 3.78. The Bertz CT molecular complexity index is 305. The van der Waals surface area contributed by atoms with Crippen LogP contribution in [0.4, 0.5) is 0 Å². The van der Waals surface area contributed by atoms with Crippen molar-refractivity contribution in [1.82, 2.24) is 4.90 Å². The normalized spacial score (nSPS) is 32.8. The Kier molecular flexibility index (Phi) is 2.24. The van der Waals surface area contributed by atoms with Crippen LogP contribution in [0.15, 0.2) is 0 Å². The third kappa shape index (κ3) is 1.52. The van der Waals surface area contributed by atoms with Gasteiger partial charge in [-0.3, -0.25) is 9.59 Å². The number of carboxylic acid groups (broad SMARTS) is 1. The summed E-state index contributed by atoms with van der Waals surface area (Å²) in [5.74, 6) is -1.57. The maximum atomic E-state index is 12.0. The molecule has 0 aromatic rings. The van der Waals surface area contributed by atoms with Crippen LogP contribution in [0.1, 0.15) is 26.7 Å². The van der Waals surface area contributed by atoms with Gasteiger partial charge in [0.05, 0.1) is 11.8 Å². The van der Waals surface area contributed by atoms with Crippen LogP contribution in [0.2, 0.25) is 0 Å². The fourth-order valence-corrected chi connectivity index (χ4v) is 2.69. The van der Waals surface area contributed by atoms with Crippen LogP contribution in [0.5, 0.6) is 0 Å². The van der Waals surface area contributed by atoms with Gasteiger partial charge in [0.25, 0.3) is 0 Å². The molecule has 0 spiro atoms. The zero-order chi connectivity index (χ0) is 11.2. The quantitative estimate of drug-likeness (QED) is 0.740. The van der Waals surface area contributed by atoms with Crippen molar-refractivity contribution in [1.29, 1.82) is 0 Å². The van der Waals surface area contributed by atoms with E-state index in [-0.39, 0.29) is 17.2 Å². The van der Waals surface area contributed by atoms with Gasteiger partial charge in [-0.05, 0) is 18.3 Å². The van der Waals surface area contributed by atoms with Crippen molar-refractivity contribution in [2.45, 2.75) is 26.7 Å². The fraction of sp³-hybridized carbons (Fsp3) is 0.818. The molecule has 1 saturated heterocycles. The Morgan fingerprint density at radius 2 is 1.73 bits per heavy atom. The van der Waals surface area contributed by atoms with Gasteiger partial charge in [0.2, 0.25) is 5.91 Å². The van der Waals surface area contributed by atoms with E-state index < -0.39 is 11.9 Å². The number of hydrogen-bond donors (Lipinski definition) is 1. The van der Waals surface area contributed by atoms with Crippen molar-refractivity contribution in [2.75, 3.05) is 13.1 Å². The van der Waals surface area contributed by atoms with Crippen LogP contribution in [-0.4, -0.2) is 35.0 Å². The highest BCUT2D eigenvalue weighted by molar-refractivity contribution is 5.91. The number of rotatable bonds is 2. The maximum absolute atomic E-state index is 12.0. The van der Waals surface area contributed by atoms with E-state index in [4.69, 9.17) is 5.11 Å². The Labute approximate surface area is 89.3 Å². The molecule has 2 fully saturated rings. The summed E-state index contributed by atoms with van der Waals surface area (Å²) >= 11 is 0. The van der Waals surface area contributed by atoms with E-state index in [2.05, 4.69) is 0 Å². The van der Waals surface area contributed by atoms with Gasteiger partial charge in [-0.15, -0.1) is 0 Å². The number of likely N-dealkylation sites (tertiary alicyclic amines) is 1. The number of aliphatic carboxylic acids is 1. The monoisotopic (exact) mass is 211 g/mol. The number of carbonyl (C=O) groups is 2. The molecule has 1 aliphatic heterocycles. The van der Waals surface area contributed by atoms with E-state index in [9.17, 15) is 9.59 Å². The lowest BCUT2D eigenvalue weighted by Crippen LogP contribution is -2.30. The van der Waals surface area contributed by atoms with Gasteiger partial charge in [0, 0.05) is 13.1 Å². The first kappa shape index (κ1) is 10.5. The molecule has 4 nitrogen and oxygen atoms in total. The van der Waals surface area contributed by atoms with E-state index in [0.29, 0.717) is 0 Å². The van der Waals surface area contributed by atoms with Gasteiger partial charge < -0.3 is 10.0 Å². The molecular formula is C11H17NO3. The molecule has 1 heterocycles. The first-order chi connectivity index (χ1) is 6.96. The van der Waals surface area contributed by atoms with Crippen LogP contribution >= 0.6 is 0 Å². The predicted molar refractivity (Wildman–Crippen MR) is 54.2 cm³/mol. The zero-order valence-corrected chi connectivity index (χ0v) is 9.19. The summed E-state index contributed by atoms with van der Waals surface area (Å²) in [6, 6.07) is 0. The molecule has 0 radical (unpaired) electrons. The van der Waals surface area contributed by atoms with Gasteiger partial charge in [-0.1, -0.05) is 13.8 Å². The molecule has 2 atom stereocenters. The van der Waals surface area contributed by atoms with Gasteiger partial charge >= 0.3 is 5.97 Å². The van der Waals surface area contributed by atoms with Gasteiger partial charge in [-0.25, -0.2) is 0 Å². The van der Waals surface area contributed by atoms with Gasteiger partial charge in [0.1, 0.15) is 0 Å². The molecule has 0 aromatic carbocycles. The van der Waals surface area contributed by atoms with E-state index in [1.807, 2.05) is 18.7 Å². The van der Waals surface area contributed by atoms with E-state index in [1.165, 1.54) is 0 Å². The second-order valence-electron chi connectivity index (χ2n) is 5.15. The van der Waals surface area contributed by atoms with Crippen molar-refractivity contribution >= 4 is 11.9 Å². The van der Waals surface area contributed by atoms with Crippen LogP contribution in [0, 0.1) is 17.3 Å². The molecule has 1 aliphatic carbocycles. The Hall–Kier alpha value is -1.06. The highest BCUT2D eigenvalue weighted by atomic mass is 16.4. The van der Waals surface area contributed by atoms with Crippen molar-refractivity contribution in [3.05, 3.63) is 0 Å². The largest absolute Gasteiger partial charge is 0.481 e. The van der Waals surface area contributed by atoms with E-state index >= 15 is 0 Å². The average Bonchev–Trinajstić information content (AvgIpc) is 2.57. The Morgan fingerprint density at radius 3 is 2.13 bits per heavy atom. The molecule has 1 saturated carbocycles. The minimum Gasteiger partial charge on any atom is -0.481 e. The minimum absolute atomic E-state index is 0.0462. The SMILES string of the molecule is CC1(C)[C@@H](C(=O)O)[C@@H]1C(=O)N1CCCC1. The van der Waals surface area contributed by atoms with Crippen molar-refractivity contribution in [2.24, 2.45) is 17.3 Å². The summed E-state index contributed by atoms with van der Waals surface area (Å²) in [6.45, 7) is 5.34. The number of amides is 1. The smallest absolute Gasteiger partial charge is 0.307 e. The summed E-state index contributed by atoms with van der Waals surface area (Å²) in [5, 5.41) is 8.98. The summed E-state index contributed by atoms with van der Waals surface area (Å²) in [7, 11) is 0. The van der Waals surface area contributed by atoms with Crippen LogP contribution < -0.4 is 0 Å². The number of nitrogens with zero attached hydrogens (tertiary/aromatic N) is 1. The lowest BCUT2D eigenvalue weighted by atomic mass is 10.1. The lowest BCUT2D eigenvalue weighted by Gasteiger charge is -2.15. The topological polar surface area (TPSA) is 57.6 Å². The average molecular weight is 211 g/mol. The summed E-state index contributed by atoms with van der Waals surface area (Å²) in [5.41, 5.74) is -0.356. The molecular weight excluding hydrogens is 194 g/mol. The van der Waals surface area contributed by atoms with Crippen molar-refractivity contribution < 1.29 is 14.7 Å². The molecule has 1 amide bonds. The molecule has 84 valence electrons. The molecule has 0 bridgehead atoms. The molecule has 1 N–H and O–H groups in total. The highest BCUT2D eigenvalue weighted by Crippen LogP contribution is 2.59. The van der Waals surface area contributed by atoms with Gasteiger partial charge in [0.15, 0.2) is 0 Å². The predicted octanol–water partition coefficient (Wildman–Crippen LogP) is 0.966. The summed E-state index contributed by atoms with van der Waals surface area (Å²) in [4.78, 5) is 24.8. The molecule has 0 unspecified atom stereocenters. The second kappa shape index (κ2) is 3.22. The first-order valence-electron chi connectivity index (χ1n) is 5.48. The Morgan fingerprint density at radius 1 is 1.20 bits per heavy atom. The first-order valence-corrected chi connectivity index (χ1v) is 5.48. The van der Waals surface area contributed by atoms with E-state index in [0.717, 1.165) is 25.9 Å². The van der Waals surface area contributed by atoms with Crippen LogP contribution in [-0.2, 0) is 9.59 Å². The number of carboxylic acids is 1. The molecule has 2 rings (SSSR count). The lowest BCUT2D eigenvalue weighted by molar-refractivity contribution is -0.141. The summed E-state index contributed by atoms with van der Waals surface area (Å²) in [6.07, 6.45) is 2.10. The fourth-order valence-electron chi connectivity index (χ4n) is 2.69. The third-order valence-corrected chi connectivity index (χ3v) is 3.78. The molecule has 0 aromatic heterocycles. The van der Waals surface area contributed by atoms with Gasteiger partial charge in [-0.2, -0.15) is 0 Å². The zero-order valence-electron chi connectivity index (χ0n) is 9.19. The van der Waals surface area contributed by atoms with E-state index in [1.54, 1.807) is 0 Å². The molecule has 15 heavy (non-hydrogen) atoms. The van der Waals surface area contributed by atoms with Crippen LogP contribution in [0.25, 0.3) is 0 Å². The number of carbonyl (C=O) groups excluding carboxylic acids is 1. The minimum atomic E-state index is -0.836. The second-order valence-corrected chi connectivity index (χ2v) is 5.15. The molecule has 4 heteroatoms. The van der Waals surface area contributed by atoms with Crippen LogP contribution in [0.3, 0.4) is 0 Å². The molecule has 2 aliphatic rings. The number of hydrogen-bond acceptors (Lipinski definition) is 2. The van der Waals surface area contributed by atoms with Crippen molar-refractivity contribution in [3.63, 3.8) is 0 Å². The summed E-state index contributed by atoms with van der Waals surface area (Å²) < 4.78 is 0.